The molecule has 1 saturated heterocycles. The van der Waals surface area contributed by atoms with Gasteiger partial charge in [0.15, 0.2) is 0 Å². The number of hydrogen-bond acceptors (Lipinski definition) is 4. The maximum atomic E-state index is 13.1. The van der Waals surface area contributed by atoms with Gasteiger partial charge in [0.25, 0.3) is 5.91 Å². The van der Waals surface area contributed by atoms with Crippen LogP contribution in [0, 0.1) is 5.92 Å². The van der Waals surface area contributed by atoms with Crippen LogP contribution in [0.3, 0.4) is 0 Å². The topological polar surface area (TPSA) is 53.6 Å². The van der Waals surface area contributed by atoms with Crippen molar-refractivity contribution >= 4 is 11.6 Å². The molecule has 2 N–H and O–H groups in total. The van der Waals surface area contributed by atoms with E-state index in [2.05, 4.69) is 24.5 Å². The van der Waals surface area contributed by atoms with E-state index >= 15 is 0 Å². The van der Waals surface area contributed by atoms with Gasteiger partial charge in [-0.05, 0) is 29.2 Å². The number of hydrogen-bond donors (Lipinski definition) is 2. The lowest BCUT2D eigenvalue weighted by molar-refractivity contribution is -0.126. The molecule has 0 aromatic heterocycles. The summed E-state index contributed by atoms with van der Waals surface area (Å²) >= 11 is 0. The molecule has 4 rings (SSSR count). The van der Waals surface area contributed by atoms with E-state index in [1.807, 2.05) is 60.8 Å². The zero-order valence-corrected chi connectivity index (χ0v) is 16.4. The summed E-state index contributed by atoms with van der Waals surface area (Å²) in [6.45, 7) is 4.26. The number of ether oxygens (including phenoxy) is 1. The summed E-state index contributed by atoms with van der Waals surface area (Å²) in [5.74, 6) is 2.00. The van der Waals surface area contributed by atoms with Crippen LogP contribution in [-0.2, 0) is 11.2 Å². The summed E-state index contributed by atoms with van der Waals surface area (Å²) < 4.78 is 5.22. The van der Waals surface area contributed by atoms with Crippen LogP contribution in [0.15, 0.2) is 72.3 Å². The molecule has 2 aromatic rings. The molecule has 2 aliphatic rings. The maximum Gasteiger partial charge on any atom is 0.255 e. The van der Waals surface area contributed by atoms with Gasteiger partial charge < -0.3 is 15.4 Å². The molecule has 0 spiro atoms. The monoisotopic (exact) mass is 375 g/mol. The minimum atomic E-state index is -0.287. The fourth-order valence-electron chi connectivity index (χ4n) is 3.59. The minimum absolute atomic E-state index is 0.0684. The third-order valence-corrected chi connectivity index (χ3v) is 5.13. The lowest BCUT2D eigenvalue weighted by atomic mass is 10.1. The van der Waals surface area contributed by atoms with Crippen LogP contribution < -0.4 is 15.4 Å². The Hall–Kier alpha value is -3.21. The molecular formula is C23H25N3O2. The molecule has 0 bridgehead atoms. The summed E-state index contributed by atoms with van der Waals surface area (Å²) in [6, 6.07) is 17.7. The first kappa shape index (κ1) is 18.2. The van der Waals surface area contributed by atoms with E-state index in [1.54, 1.807) is 12.0 Å². The number of nitrogens with one attached hydrogen (secondary N) is 2. The normalized spacial score (nSPS) is 18.6. The zero-order chi connectivity index (χ0) is 19.7. The number of allylic oxidation sites excluding steroid dienone is 1. The van der Waals surface area contributed by atoms with Gasteiger partial charge in [-0.15, -0.1) is 0 Å². The number of benzene rings is 2. The number of carbonyl (C=O) groups excluding carboxylic acids is 1. The number of nitrogens with zero attached hydrogens (tertiary/aromatic N) is 1. The summed E-state index contributed by atoms with van der Waals surface area (Å²) in [7, 11) is 1.65. The fraction of sp³-hybridized carbons (Fsp3) is 0.261. The second-order valence-electron chi connectivity index (χ2n) is 7.41. The predicted octanol–water partition coefficient (Wildman–Crippen LogP) is 3.47. The quantitative estimate of drug-likeness (QED) is 0.840. The maximum absolute atomic E-state index is 13.1. The lowest BCUT2D eigenvalue weighted by Gasteiger charge is -2.28. The second-order valence-corrected chi connectivity index (χ2v) is 7.41. The predicted molar refractivity (Wildman–Crippen MR) is 110 cm³/mol. The third kappa shape index (κ3) is 3.36. The standard InChI is InChI=1S/C23H25N3O2/c1-15(2)21-22-25-19(13-16-9-11-18(28-3)12-10-16)23(27)26(22)14-20(24-21)17-7-5-4-6-8-17/h4-12,14-15,19,24-25H,13H2,1-3H3. The molecule has 1 atom stereocenters. The van der Waals surface area contributed by atoms with Gasteiger partial charge in [0, 0.05) is 12.6 Å². The molecular weight excluding hydrogens is 350 g/mol. The Labute approximate surface area is 165 Å². The van der Waals surface area contributed by atoms with Crippen LogP contribution in [0.4, 0.5) is 0 Å². The lowest BCUT2D eigenvalue weighted by Crippen LogP contribution is -2.32. The summed E-state index contributed by atoms with van der Waals surface area (Å²) in [5, 5.41) is 6.97. The van der Waals surface area contributed by atoms with Crippen molar-refractivity contribution in [1.29, 1.82) is 0 Å². The van der Waals surface area contributed by atoms with Gasteiger partial charge in [0.2, 0.25) is 0 Å². The van der Waals surface area contributed by atoms with Crippen molar-refractivity contribution < 1.29 is 9.53 Å². The average molecular weight is 375 g/mol. The van der Waals surface area contributed by atoms with Crippen molar-refractivity contribution in [3.05, 3.63) is 83.4 Å². The van der Waals surface area contributed by atoms with Gasteiger partial charge in [-0.2, -0.15) is 0 Å². The number of rotatable bonds is 5. The van der Waals surface area contributed by atoms with Gasteiger partial charge in [0.05, 0.1) is 18.5 Å². The highest BCUT2D eigenvalue weighted by molar-refractivity contribution is 5.90. The third-order valence-electron chi connectivity index (χ3n) is 5.13. The molecule has 2 aliphatic heterocycles. The highest BCUT2D eigenvalue weighted by Crippen LogP contribution is 2.30. The van der Waals surface area contributed by atoms with Gasteiger partial charge in [-0.3, -0.25) is 9.69 Å². The van der Waals surface area contributed by atoms with Crippen LogP contribution in [0.5, 0.6) is 5.75 Å². The van der Waals surface area contributed by atoms with Crippen molar-refractivity contribution in [2.45, 2.75) is 26.3 Å². The Morgan fingerprint density at radius 3 is 2.43 bits per heavy atom. The van der Waals surface area contributed by atoms with Gasteiger partial charge in [-0.1, -0.05) is 56.3 Å². The molecule has 28 heavy (non-hydrogen) atoms. The zero-order valence-electron chi connectivity index (χ0n) is 16.4. The van der Waals surface area contributed by atoms with E-state index in [9.17, 15) is 4.79 Å². The van der Waals surface area contributed by atoms with E-state index in [1.165, 1.54) is 0 Å². The van der Waals surface area contributed by atoms with Crippen LogP contribution in [0.2, 0.25) is 0 Å². The van der Waals surface area contributed by atoms with Crippen LogP contribution >= 0.6 is 0 Å². The van der Waals surface area contributed by atoms with Crippen LogP contribution in [0.25, 0.3) is 5.70 Å². The summed E-state index contributed by atoms with van der Waals surface area (Å²) in [6.07, 6.45) is 2.53. The molecule has 2 aromatic carbocycles. The van der Waals surface area contributed by atoms with Crippen molar-refractivity contribution in [2.75, 3.05) is 7.11 Å². The highest BCUT2D eigenvalue weighted by Gasteiger charge is 2.39. The van der Waals surface area contributed by atoms with Gasteiger partial charge in [-0.25, -0.2) is 0 Å². The molecule has 1 unspecified atom stereocenters. The molecule has 5 heteroatoms. The first-order valence-corrected chi connectivity index (χ1v) is 9.58. The van der Waals surface area contributed by atoms with Gasteiger partial charge >= 0.3 is 0 Å². The van der Waals surface area contributed by atoms with E-state index in [0.29, 0.717) is 6.42 Å². The molecule has 2 heterocycles. The van der Waals surface area contributed by atoms with Crippen molar-refractivity contribution in [3.63, 3.8) is 0 Å². The van der Waals surface area contributed by atoms with E-state index in [-0.39, 0.29) is 17.9 Å². The number of fused-ring (bicyclic) bond motifs is 1. The van der Waals surface area contributed by atoms with Gasteiger partial charge in [0.1, 0.15) is 17.6 Å². The number of methoxy groups -OCH3 is 1. The molecule has 144 valence electrons. The van der Waals surface area contributed by atoms with Crippen molar-refractivity contribution in [1.82, 2.24) is 15.5 Å². The SMILES string of the molecule is COc1ccc(CC2NC3=C(C(C)C)NC(c4ccccc4)=CN3C2=O)cc1. The van der Waals surface area contributed by atoms with E-state index in [4.69, 9.17) is 4.74 Å². The molecule has 0 saturated carbocycles. The molecule has 1 amide bonds. The van der Waals surface area contributed by atoms with E-state index in [0.717, 1.165) is 34.1 Å². The molecule has 0 aliphatic carbocycles. The largest absolute Gasteiger partial charge is 0.497 e. The van der Waals surface area contributed by atoms with E-state index < -0.39 is 0 Å². The molecule has 5 nitrogen and oxygen atoms in total. The first-order valence-electron chi connectivity index (χ1n) is 9.58. The first-order chi connectivity index (χ1) is 13.6. The Morgan fingerprint density at radius 1 is 1.07 bits per heavy atom. The second kappa shape index (κ2) is 7.43. The van der Waals surface area contributed by atoms with Crippen LogP contribution in [0.1, 0.15) is 25.0 Å². The Morgan fingerprint density at radius 2 is 1.79 bits per heavy atom. The molecule has 0 radical (unpaired) electrons. The van der Waals surface area contributed by atoms with Crippen LogP contribution in [-0.4, -0.2) is 24.0 Å². The highest BCUT2D eigenvalue weighted by atomic mass is 16.5. The number of carbonyl (C=O) groups is 1. The fourth-order valence-corrected chi connectivity index (χ4v) is 3.59. The minimum Gasteiger partial charge on any atom is -0.497 e. The smallest absolute Gasteiger partial charge is 0.255 e. The number of amides is 1. The molecule has 1 fully saturated rings. The Kier molecular flexibility index (Phi) is 4.82. The Bertz CT molecular complexity index is 930. The summed E-state index contributed by atoms with van der Waals surface area (Å²) in [5.41, 5.74) is 4.13. The van der Waals surface area contributed by atoms with Crippen molar-refractivity contribution in [3.8, 4) is 5.75 Å². The van der Waals surface area contributed by atoms with Crippen molar-refractivity contribution in [2.24, 2.45) is 5.92 Å². The Balaban J connectivity index is 1.62. The average Bonchev–Trinajstić information content (AvgIpc) is 3.04. The summed E-state index contributed by atoms with van der Waals surface area (Å²) in [4.78, 5) is 14.9.